The van der Waals surface area contributed by atoms with Gasteiger partial charge in [-0.05, 0) is 12.1 Å². The molecule has 0 aliphatic carbocycles. The molecule has 0 radical (unpaired) electrons. The number of phenolic OH excluding ortho intramolecular Hbond substituents is 1. The molecule has 7 heteroatoms. The molecule has 3 rings (SSSR count). The number of aromatic hydroxyl groups is 1. The second kappa shape index (κ2) is 5.88. The minimum Gasteiger partial charge on any atom is -0.506 e. The average Bonchev–Trinajstić information content (AvgIpc) is 2.55. The first-order valence-corrected chi connectivity index (χ1v) is 7.05. The summed E-state index contributed by atoms with van der Waals surface area (Å²) < 4.78 is 0. The molecule has 0 spiro atoms. The Morgan fingerprint density at radius 3 is 2.45 bits per heavy atom. The van der Waals surface area contributed by atoms with Gasteiger partial charge in [-0.15, -0.1) is 0 Å². The largest absolute Gasteiger partial charge is 0.506 e. The normalized spacial score (nSPS) is 14.9. The van der Waals surface area contributed by atoms with Gasteiger partial charge in [0.1, 0.15) is 5.75 Å². The van der Waals surface area contributed by atoms with E-state index in [9.17, 15) is 9.90 Å². The van der Waals surface area contributed by atoms with E-state index in [0.29, 0.717) is 26.2 Å². The van der Waals surface area contributed by atoms with Gasteiger partial charge in [0.15, 0.2) is 11.5 Å². The number of hydrogen-bond acceptors (Lipinski definition) is 6. The molecule has 114 valence electrons. The highest BCUT2D eigenvalue weighted by molar-refractivity contribution is 5.96. The van der Waals surface area contributed by atoms with E-state index in [4.69, 9.17) is 5.73 Å². The third kappa shape index (κ3) is 2.65. The molecule has 0 atom stereocenters. The van der Waals surface area contributed by atoms with Crippen molar-refractivity contribution < 1.29 is 9.90 Å². The van der Waals surface area contributed by atoms with Gasteiger partial charge in [-0.25, -0.2) is 9.97 Å². The van der Waals surface area contributed by atoms with E-state index >= 15 is 0 Å². The summed E-state index contributed by atoms with van der Waals surface area (Å²) in [5.74, 6) is 0.193. The number of hydrogen-bond donors (Lipinski definition) is 2. The molecular formula is C15H17N5O2. The number of nitrogens with two attached hydrogens (primary N) is 1. The molecule has 0 saturated carbocycles. The Balaban J connectivity index is 1.68. The van der Waals surface area contributed by atoms with Gasteiger partial charge >= 0.3 is 0 Å². The van der Waals surface area contributed by atoms with Crippen LogP contribution in [0.4, 0.5) is 11.5 Å². The molecule has 0 bridgehead atoms. The van der Waals surface area contributed by atoms with Crippen LogP contribution in [0.2, 0.25) is 0 Å². The van der Waals surface area contributed by atoms with Gasteiger partial charge in [-0.1, -0.05) is 12.1 Å². The van der Waals surface area contributed by atoms with E-state index < -0.39 is 0 Å². The van der Waals surface area contributed by atoms with Crippen molar-refractivity contribution in [3.63, 3.8) is 0 Å². The third-order valence-corrected chi connectivity index (χ3v) is 3.72. The minimum atomic E-state index is -0.206. The van der Waals surface area contributed by atoms with Gasteiger partial charge in [-0.3, -0.25) is 4.79 Å². The van der Waals surface area contributed by atoms with Crippen LogP contribution in [0.1, 0.15) is 10.5 Å². The van der Waals surface area contributed by atoms with E-state index in [1.165, 1.54) is 12.4 Å². The average molecular weight is 299 g/mol. The number of rotatable bonds is 2. The number of amides is 1. The van der Waals surface area contributed by atoms with E-state index in [0.717, 1.165) is 5.69 Å². The number of piperazine rings is 1. The van der Waals surface area contributed by atoms with E-state index in [1.54, 1.807) is 17.0 Å². The van der Waals surface area contributed by atoms with Crippen LogP contribution in [0.15, 0.2) is 36.7 Å². The van der Waals surface area contributed by atoms with Crippen LogP contribution in [0.5, 0.6) is 5.75 Å². The van der Waals surface area contributed by atoms with Gasteiger partial charge in [0.2, 0.25) is 0 Å². The zero-order valence-corrected chi connectivity index (χ0v) is 12.0. The topological polar surface area (TPSA) is 95.6 Å². The number of nitrogen functional groups attached to an aromatic ring is 1. The standard InChI is InChI=1S/C15H17N5O2/c16-14-13(17-5-6-18-14)15(22)20-9-7-19(8-10-20)11-3-1-2-4-12(11)21/h1-6,21H,7-10H2,(H2,16,18). The fraction of sp³-hybridized carbons (Fsp3) is 0.267. The lowest BCUT2D eigenvalue weighted by atomic mass is 10.2. The highest BCUT2D eigenvalue weighted by Gasteiger charge is 2.25. The Labute approximate surface area is 128 Å². The quantitative estimate of drug-likeness (QED) is 0.848. The number of nitrogens with zero attached hydrogens (tertiary/aromatic N) is 4. The van der Waals surface area contributed by atoms with Crippen LogP contribution in [0.25, 0.3) is 0 Å². The van der Waals surface area contributed by atoms with Crippen molar-refractivity contribution in [2.45, 2.75) is 0 Å². The monoisotopic (exact) mass is 299 g/mol. The van der Waals surface area contributed by atoms with Crippen LogP contribution in [-0.4, -0.2) is 52.1 Å². The Morgan fingerprint density at radius 1 is 1.09 bits per heavy atom. The maximum Gasteiger partial charge on any atom is 0.276 e. The zero-order chi connectivity index (χ0) is 15.5. The van der Waals surface area contributed by atoms with Crippen molar-refractivity contribution in [1.82, 2.24) is 14.9 Å². The molecule has 2 aromatic rings. The predicted octanol–water partition coefficient (Wildman–Crippen LogP) is 0.727. The molecule has 1 aromatic carbocycles. The van der Waals surface area contributed by atoms with Crippen LogP contribution in [0.3, 0.4) is 0 Å². The summed E-state index contributed by atoms with van der Waals surface area (Å²) in [4.78, 5) is 24.1. The summed E-state index contributed by atoms with van der Waals surface area (Å²) in [6, 6.07) is 7.20. The molecule has 7 nitrogen and oxygen atoms in total. The van der Waals surface area contributed by atoms with Gasteiger partial charge in [0.25, 0.3) is 5.91 Å². The predicted molar refractivity (Wildman–Crippen MR) is 82.7 cm³/mol. The fourth-order valence-electron chi connectivity index (χ4n) is 2.55. The second-order valence-electron chi connectivity index (χ2n) is 5.06. The van der Waals surface area contributed by atoms with Crippen LogP contribution in [-0.2, 0) is 0 Å². The lowest BCUT2D eigenvalue weighted by Crippen LogP contribution is -2.49. The molecule has 2 heterocycles. The molecular weight excluding hydrogens is 282 g/mol. The number of carbonyl (C=O) groups excluding carboxylic acids is 1. The molecule has 1 aromatic heterocycles. The van der Waals surface area contributed by atoms with E-state index in [-0.39, 0.29) is 23.2 Å². The van der Waals surface area contributed by atoms with Gasteiger partial charge in [-0.2, -0.15) is 0 Å². The highest BCUT2D eigenvalue weighted by atomic mass is 16.3. The van der Waals surface area contributed by atoms with Gasteiger partial charge in [0.05, 0.1) is 5.69 Å². The number of anilines is 2. The number of carbonyl (C=O) groups is 1. The summed E-state index contributed by atoms with van der Waals surface area (Å²) >= 11 is 0. The molecule has 3 N–H and O–H groups in total. The van der Waals surface area contributed by atoms with Crippen molar-refractivity contribution in [1.29, 1.82) is 0 Å². The molecule has 1 aliphatic rings. The van der Waals surface area contributed by atoms with Crippen molar-refractivity contribution >= 4 is 17.4 Å². The second-order valence-corrected chi connectivity index (χ2v) is 5.06. The third-order valence-electron chi connectivity index (χ3n) is 3.72. The molecule has 1 fully saturated rings. The molecule has 1 aliphatic heterocycles. The van der Waals surface area contributed by atoms with Gasteiger partial charge < -0.3 is 20.6 Å². The number of para-hydroxylation sites is 2. The summed E-state index contributed by atoms with van der Waals surface area (Å²) in [7, 11) is 0. The number of aromatic nitrogens is 2. The van der Waals surface area contributed by atoms with Crippen molar-refractivity contribution in [2.75, 3.05) is 36.8 Å². The maximum atomic E-state index is 12.4. The Kier molecular flexibility index (Phi) is 3.78. The van der Waals surface area contributed by atoms with Crippen LogP contribution >= 0.6 is 0 Å². The number of phenols is 1. The Hall–Kier alpha value is -2.83. The SMILES string of the molecule is Nc1nccnc1C(=O)N1CCN(c2ccccc2O)CC1. The summed E-state index contributed by atoms with van der Waals surface area (Å²) in [5.41, 5.74) is 6.68. The zero-order valence-electron chi connectivity index (χ0n) is 12.0. The number of benzene rings is 1. The highest BCUT2D eigenvalue weighted by Crippen LogP contribution is 2.27. The first-order chi connectivity index (χ1) is 10.7. The van der Waals surface area contributed by atoms with E-state index in [1.807, 2.05) is 12.1 Å². The van der Waals surface area contributed by atoms with E-state index in [2.05, 4.69) is 14.9 Å². The summed E-state index contributed by atoms with van der Waals surface area (Å²) in [6.07, 6.45) is 2.92. The summed E-state index contributed by atoms with van der Waals surface area (Å²) in [5, 5.41) is 9.90. The first-order valence-electron chi connectivity index (χ1n) is 7.05. The molecule has 1 saturated heterocycles. The van der Waals surface area contributed by atoms with Crippen molar-refractivity contribution in [2.24, 2.45) is 0 Å². The maximum absolute atomic E-state index is 12.4. The molecule has 1 amide bonds. The van der Waals surface area contributed by atoms with Crippen LogP contribution < -0.4 is 10.6 Å². The lowest BCUT2D eigenvalue weighted by molar-refractivity contribution is 0.0741. The Bertz CT molecular complexity index is 683. The minimum absolute atomic E-state index is 0.149. The summed E-state index contributed by atoms with van der Waals surface area (Å²) in [6.45, 7) is 2.37. The van der Waals surface area contributed by atoms with Crippen molar-refractivity contribution in [3.8, 4) is 5.75 Å². The first kappa shape index (κ1) is 14.1. The fourth-order valence-corrected chi connectivity index (χ4v) is 2.55. The lowest BCUT2D eigenvalue weighted by Gasteiger charge is -2.36. The van der Waals surface area contributed by atoms with Crippen molar-refractivity contribution in [3.05, 3.63) is 42.4 Å². The smallest absolute Gasteiger partial charge is 0.276 e. The molecule has 0 unspecified atom stereocenters. The van der Waals surface area contributed by atoms with Gasteiger partial charge in [0, 0.05) is 38.6 Å². The molecule has 22 heavy (non-hydrogen) atoms. The Morgan fingerprint density at radius 2 is 1.77 bits per heavy atom. The van der Waals surface area contributed by atoms with Crippen LogP contribution in [0, 0.1) is 0 Å².